The molecule has 0 amide bonds. The highest BCUT2D eigenvalue weighted by atomic mass is 32.2. The zero-order valence-electron chi connectivity index (χ0n) is 6.66. The van der Waals surface area contributed by atoms with Crippen LogP contribution in [0.4, 0.5) is 0 Å². The number of allylic oxidation sites excluding steroid dienone is 1. The molecule has 0 unspecified atom stereocenters. The second-order valence-electron chi connectivity index (χ2n) is 2.98. The Morgan fingerprint density at radius 1 is 1.00 bits per heavy atom. The molecule has 0 spiro atoms. The van der Waals surface area contributed by atoms with Crippen molar-refractivity contribution < 1.29 is 0 Å². The molecule has 0 N–H and O–H groups in total. The van der Waals surface area contributed by atoms with E-state index in [4.69, 9.17) is 12.2 Å². The topological polar surface area (TPSA) is 0 Å². The fourth-order valence-electron chi connectivity index (χ4n) is 1.27. The first-order valence-corrected chi connectivity index (χ1v) is 7.72. The van der Waals surface area contributed by atoms with Crippen LogP contribution in [0.5, 0.6) is 0 Å². The quantitative estimate of drug-likeness (QED) is 0.595. The minimum absolute atomic E-state index is 1.07. The Morgan fingerprint density at radius 3 is 2.08 bits per heavy atom. The first kappa shape index (κ1) is 8.97. The van der Waals surface area contributed by atoms with Gasteiger partial charge in [0.2, 0.25) is 0 Å². The van der Waals surface area contributed by atoms with E-state index in [1.807, 2.05) is 23.5 Å². The number of rotatable bonds is 0. The van der Waals surface area contributed by atoms with Gasteiger partial charge in [0.25, 0.3) is 0 Å². The Labute approximate surface area is 98.5 Å². The molecule has 0 radical (unpaired) electrons. The van der Waals surface area contributed by atoms with Gasteiger partial charge in [-0.15, -0.1) is 22.7 Å². The molecule has 13 heavy (non-hydrogen) atoms. The highest BCUT2D eigenvalue weighted by Gasteiger charge is 2.25. The van der Waals surface area contributed by atoms with Gasteiger partial charge in [-0.2, -0.15) is 0 Å². The standard InChI is InChI=1S/C8H6S5/c9-8-12-6-7(13-8)11-5(10-6)4-2-1-3-4/h1-3H2. The van der Waals surface area contributed by atoms with Gasteiger partial charge in [-0.1, -0.05) is 35.7 Å². The maximum absolute atomic E-state index is 5.16. The molecule has 0 saturated heterocycles. The van der Waals surface area contributed by atoms with Gasteiger partial charge in [-0.25, -0.2) is 0 Å². The van der Waals surface area contributed by atoms with E-state index in [-0.39, 0.29) is 0 Å². The van der Waals surface area contributed by atoms with Gasteiger partial charge in [0.05, 0.1) is 12.7 Å². The van der Waals surface area contributed by atoms with Gasteiger partial charge >= 0.3 is 0 Å². The number of hydrogen-bond acceptors (Lipinski definition) is 5. The summed E-state index contributed by atoms with van der Waals surface area (Å²) in [5.74, 6) is 0. The first-order chi connectivity index (χ1) is 6.33. The van der Waals surface area contributed by atoms with Crippen LogP contribution in [0, 0.1) is 3.14 Å². The van der Waals surface area contributed by atoms with Crippen molar-refractivity contribution in [2.45, 2.75) is 27.7 Å². The molecule has 1 aliphatic carbocycles. The predicted octanol–water partition coefficient (Wildman–Crippen LogP) is 5.13. The summed E-state index contributed by atoms with van der Waals surface area (Å²) in [5.41, 5.74) is 1.68. The van der Waals surface area contributed by atoms with Crippen molar-refractivity contribution in [3.63, 3.8) is 0 Å². The van der Waals surface area contributed by atoms with Crippen LogP contribution in [0.1, 0.15) is 19.3 Å². The van der Waals surface area contributed by atoms with Crippen LogP contribution >= 0.6 is 58.4 Å². The molecule has 1 saturated carbocycles. The molecule has 0 bridgehead atoms. The molecule has 5 heteroatoms. The first-order valence-electron chi connectivity index (χ1n) is 4.04. The molecule has 3 rings (SSSR count). The van der Waals surface area contributed by atoms with Crippen molar-refractivity contribution in [1.82, 2.24) is 0 Å². The summed E-state index contributed by atoms with van der Waals surface area (Å²) in [6.07, 6.45) is 4.05. The van der Waals surface area contributed by atoms with E-state index in [9.17, 15) is 0 Å². The summed E-state index contributed by atoms with van der Waals surface area (Å²) in [4.78, 5) is 0. The highest BCUT2D eigenvalue weighted by molar-refractivity contribution is 8.26. The second-order valence-corrected chi connectivity index (χ2v) is 9.02. The van der Waals surface area contributed by atoms with E-state index in [1.165, 1.54) is 27.7 Å². The monoisotopic (exact) mass is 262 g/mol. The maximum atomic E-state index is 5.16. The van der Waals surface area contributed by atoms with Crippen LogP contribution < -0.4 is 0 Å². The minimum Gasteiger partial charge on any atom is -0.105 e. The van der Waals surface area contributed by atoms with Crippen molar-refractivity contribution in [3.05, 3.63) is 12.9 Å². The molecule has 1 aliphatic heterocycles. The fourth-order valence-corrected chi connectivity index (χ4v) is 8.06. The Balaban J connectivity index is 1.98. The van der Waals surface area contributed by atoms with Gasteiger partial charge in [0.15, 0.2) is 0 Å². The zero-order chi connectivity index (χ0) is 8.84. The van der Waals surface area contributed by atoms with Crippen molar-refractivity contribution >= 4 is 58.4 Å². The highest BCUT2D eigenvalue weighted by Crippen LogP contribution is 2.58. The second kappa shape index (κ2) is 3.38. The SMILES string of the molecule is S=c1sc2c(s1)SC(=C1CCC1)S2. The van der Waals surface area contributed by atoms with Crippen molar-refractivity contribution in [2.24, 2.45) is 0 Å². The molecule has 0 atom stereocenters. The van der Waals surface area contributed by atoms with Gasteiger partial charge in [0.1, 0.15) is 3.14 Å². The van der Waals surface area contributed by atoms with Crippen LogP contribution in [0.25, 0.3) is 0 Å². The van der Waals surface area contributed by atoms with Crippen molar-refractivity contribution in [1.29, 1.82) is 0 Å². The van der Waals surface area contributed by atoms with Crippen LogP contribution in [-0.2, 0) is 0 Å². The summed E-state index contributed by atoms with van der Waals surface area (Å²) in [7, 11) is 0. The number of thioether (sulfide) groups is 2. The average Bonchev–Trinajstić information content (AvgIpc) is 2.39. The van der Waals surface area contributed by atoms with Crippen molar-refractivity contribution in [2.75, 3.05) is 0 Å². The van der Waals surface area contributed by atoms with Crippen LogP contribution in [-0.4, -0.2) is 0 Å². The largest absolute Gasteiger partial charge is 0.145 e. The van der Waals surface area contributed by atoms with E-state index in [0.717, 1.165) is 3.14 Å². The summed E-state index contributed by atoms with van der Waals surface area (Å²) < 4.78 is 5.50. The maximum Gasteiger partial charge on any atom is 0.145 e. The molecule has 0 aromatic carbocycles. The van der Waals surface area contributed by atoms with Gasteiger partial charge in [0, 0.05) is 0 Å². The molecular weight excluding hydrogens is 256 g/mol. The van der Waals surface area contributed by atoms with Gasteiger partial charge < -0.3 is 0 Å². The lowest BCUT2D eigenvalue weighted by molar-refractivity contribution is 0.664. The molecule has 1 aromatic heterocycles. The lowest BCUT2D eigenvalue weighted by Crippen LogP contribution is -1.97. The summed E-state index contributed by atoms with van der Waals surface area (Å²) in [6.45, 7) is 0. The lowest BCUT2D eigenvalue weighted by atomic mass is 9.94. The van der Waals surface area contributed by atoms with Crippen LogP contribution in [0.3, 0.4) is 0 Å². The third kappa shape index (κ3) is 1.55. The van der Waals surface area contributed by atoms with E-state index < -0.39 is 0 Å². The van der Waals surface area contributed by atoms with E-state index in [0.29, 0.717) is 0 Å². The smallest absolute Gasteiger partial charge is 0.105 e. The minimum atomic E-state index is 1.07. The Kier molecular flexibility index (Phi) is 2.33. The summed E-state index contributed by atoms with van der Waals surface area (Å²) in [6, 6.07) is 0. The van der Waals surface area contributed by atoms with Crippen LogP contribution in [0.2, 0.25) is 0 Å². The molecule has 1 aromatic rings. The van der Waals surface area contributed by atoms with Crippen LogP contribution in [0.15, 0.2) is 18.2 Å². The molecule has 2 heterocycles. The normalized spacial score (nSPS) is 20.3. The molecule has 0 nitrogen and oxygen atoms in total. The van der Waals surface area contributed by atoms with Crippen molar-refractivity contribution in [3.8, 4) is 0 Å². The Hall–Kier alpha value is 0.710. The molecule has 1 fully saturated rings. The van der Waals surface area contributed by atoms with E-state index in [1.54, 1.807) is 32.5 Å². The third-order valence-electron chi connectivity index (χ3n) is 2.14. The Bertz CT molecular complexity index is 401. The predicted molar refractivity (Wildman–Crippen MR) is 65.6 cm³/mol. The third-order valence-corrected chi connectivity index (χ3v) is 7.99. The zero-order valence-corrected chi connectivity index (χ0v) is 10.7. The van der Waals surface area contributed by atoms with Gasteiger partial charge in [-0.05, 0) is 24.8 Å². The number of fused-ring (bicyclic) bond motifs is 1. The van der Waals surface area contributed by atoms with Gasteiger partial charge in [-0.3, -0.25) is 0 Å². The average molecular weight is 262 g/mol. The summed E-state index contributed by atoms with van der Waals surface area (Å²) >= 11 is 12.6. The summed E-state index contributed by atoms with van der Waals surface area (Å²) in [5, 5.41) is 0. The van der Waals surface area contributed by atoms with E-state index >= 15 is 0 Å². The lowest BCUT2D eigenvalue weighted by Gasteiger charge is -2.17. The number of hydrogen-bond donors (Lipinski definition) is 0. The molecular formula is C8H6S5. The van der Waals surface area contributed by atoms with E-state index in [2.05, 4.69) is 0 Å². The Morgan fingerprint density at radius 2 is 1.62 bits per heavy atom. The fraction of sp³-hybridized carbons (Fsp3) is 0.375. The molecule has 2 aliphatic rings. The molecule has 68 valence electrons.